The molecule has 9 heteroatoms. The number of halogens is 3. The van der Waals surface area contributed by atoms with Gasteiger partial charge < -0.3 is 19.6 Å². The summed E-state index contributed by atoms with van der Waals surface area (Å²) in [6, 6.07) is 6.50. The number of benzene rings is 2. The van der Waals surface area contributed by atoms with Crippen molar-refractivity contribution in [3.63, 3.8) is 0 Å². The van der Waals surface area contributed by atoms with Gasteiger partial charge in [0, 0.05) is 16.5 Å². The predicted molar refractivity (Wildman–Crippen MR) is 96.6 cm³/mol. The number of aromatic amines is 1. The maximum absolute atomic E-state index is 10.2. The van der Waals surface area contributed by atoms with Crippen LogP contribution in [0, 0.1) is 0 Å². The molecule has 0 fully saturated rings. The van der Waals surface area contributed by atoms with Crippen LogP contribution in [0.25, 0.3) is 10.9 Å². The summed E-state index contributed by atoms with van der Waals surface area (Å²) < 4.78 is 11.1. The number of nitrogens with zero attached hydrogens (tertiary/aromatic N) is 2. The quantitative estimate of drug-likeness (QED) is 0.518. The highest BCUT2D eigenvalue weighted by atomic mass is 35.5. The Kier molecular flexibility index (Phi) is 4.11. The predicted octanol–water partition coefficient (Wildman–Crippen LogP) is 6.02. The molecular weight excluding hydrogens is 389 g/mol. The average Bonchev–Trinajstić information content (AvgIpc) is 2.86. The second-order valence-electron chi connectivity index (χ2n) is 5.28. The van der Waals surface area contributed by atoms with E-state index in [1.807, 2.05) is 0 Å². The van der Waals surface area contributed by atoms with Crippen molar-refractivity contribution in [1.82, 2.24) is 4.98 Å². The first-order valence-electron chi connectivity index (χ1n) is 7.23. The van der Waals surface area contributed by atoms with Crippen molar-refractivity contribution in [2.24, 2.45) is 10.2 Å². The molecule has 3 aromatic rings. The van der Waals surface area contributed by atoms with Gasteiger partial charge in [-0.2, -0.15) is 0 Å². The van der Waals surface area contributed by atoms with Gasteiger partial charge >= 0.3 is 0 Å². The molecule has 2 heterocycles. The number of H-pyrrole nitrogens is 1. The normalized spacial score (nSPS) is 13.7. The fraction of sp³-hybridized carbons (Fsp3) is 0.125. The van der Waals surface area contributed by atoms with Gasteiger partial charge in [-0.05, 0) is 18.2 Å². The molecule has 0 atom stereocenters. The van der Waals surface area contributed by atoms with E-state index in [0.717, 1.165) is 0 Å². The molecular formula is C16H10Cl3N3O3. The van der Waals surface area contributed by atoms with Crippen LogP contribution < -0.4 is 9.47 Å². The Morgan fingerprint density at radius 3 is 2.16 bits per heavy atom. The minimum absolute atomic E-state index is 0.137. The summed E-state index contributed by atoms with van der Waals surface area (Å²) in [6.07, 6.45) is 0. The molecule has 0 saturated carbocycles. The maximum atomic E-state index is 10.2. The molecule has 0 bridgehead atoms. The molecule has 0 saturated heterocycles. The fourth-order valence-electron chi connectivity index (χ4n) is 2.53. The Labute approximate surface area is 156 Å². The number of rotatable bonds is 2. The number of azo groups is 1. The van der Waals surface area contributed by atoms with Gasteiger partial charge in [-0.15, -0.1) is 10.2 Å². The standard InChI is InChI=1S/C16H10Cl3N3O3/c17-7-3-9(18)15(10(19)4-7)22-21-14-8-5-12-13(25-2-1-24-12)6-11(8)20-16(14)23/h3-6,20,23H,1-2H2. The molecule has 1 aliphatic rings. The first-order chi connectivity index (χ1) is 12.0. The Morgan fingerprint density at radius 1 is 0.880 bits per heavy atom. The van der Waals surface area contributed by atoms with Crippen molar-refractivity contribution >= 4 is 57.1 Å². The third kappa shape index (κ3) is 2.97. The number of aromatic hydroxyl groups is 1. The van der Waals surface area contributed by atoms with Gasteiger partial charge in [-0.25, -0.2) is 0 Å². The Bertz CT molecular complexity index is 994. The van der Waals surface area contributed by atoms with Crippen molar-refractivity contribution in [2.45, 2.75) is 0 Å². The molecule has 1 aliphatic heterocycles. The van der Waals surface area contributed by atoms with E-state index in [2.05, 4.69) is 15.2 Å². The van der Waals surface area contributed by atoms with Crippen LogP contribution in [0.3, 0.4) is 0 Å². The third-order valence-corrected chi connectivity index (χ3v) is 4.44. The highest BCUT2D eigenvalue weighted by Gasteiger charge is 2.18. The third-order valence-electron chi connectivity index (χ3n) is 3.65. The molecule has 0 spiro atoms. The van der Waals surface area contributed by atoms with E-state index in [0.29, 0.717) is 40.6 Å². The molecule has 1 aromatic heterocycles. The van der Waals surface area contributed by atoms with E-state index in [1.165, 1.54) is 12.1 Å². The summed E-state index contributed by atoms with van der Waals surface area (Å²) in [5.41, 5.74) is 1.15. The molecule has 0 unspecified atom stereocenters. The first kappa shape index (κ1) is 16.3. The van der Waals surface area contributed by atoms with E-state index in [-0.39, 0.29) is 27.3 Å². The Balaban J connectivity index is 1.80. The smallest absolute Gasteiger partial charge is 0.218 e. The molecule has 4 rings (SSSR count). The number of fused-ring (bicyclic) bond motifs is 2. The van der Waals surface area contributed by atoms with Crippen LogP contribution in [0.15, 0.2) is 34.5 Å². The largest absolute Gasteiger partial charge is 0.493 e. The second kappa shape index (κ2) is 6.29. The summed E-state index contributed by atoms with van der Waals surface area (Å²) in [5.74, 6) is 1.05. The molecule has 6 nitrogen and oxygen atoms in total. The molecule has 0 radical (unpaired) electrons. The lowest BCUT2D eigenvalue weighted by Crippen LogP contribution is -2.15. The lowest BCUT2D eigenvalue weighted by Gasteiger charge is -2.18. The minimum atomic E-state index is -0.137. The summed E-state index contributed by atoms with van der Waals surface area (Å²) in [4.78, 5) is 2.83. The summed E-state index contributed by atoms with van der Waals surface area (Å²) in [6.45, 7) is 0.938. The summed E-state index contributed by atoms with van der Waals surface area (Å²) >= 11 is 18.1. The Hall–Kier alpha value is -2.15. The van der Waals surface area contributed by atoms with Crippen LogP contribution in [0.1, 0.15) is 0 Å². The van der Waals surface area contributed by atoms with Crippen LogP contribution in [-0.4, -0.2) is 23.3 Å². The first-order valence-corrected chi connectivity index (χ1v) is 8.37. The summed E-state index contributed by atoms with van der Waals surface area (Å²) in [5, 5.41) is 19.9. The lowest BCUT2D eigenvalue weighted by atomic mass is 10.2. The highest BCUT2D eigenvalue weighted by Crippen LogP contribution is 2.44. The van der Waals surface area contributed by atoms with Gasteiger partial charge in [0.15, 0.2) is 17.2 Å². The number of aromatic nitrogens is 1. The molecule has 25 heavy (non-hydrogen) atoms. The monoisotopic (exact) mass is 397 g/mol. The van der Waals surface area contributed by atoms with Gasteiger partial charge in [0.2, 0.25) is 5.88 Å². The van der Waals surface area contributed by atoms with Gasteiger partial charge in [0.25, 0.3) is 0 Å². The topological polar surface area (TPSA) is 79.2 Å². The van der Waals surface area contributed by atoms with E-state index in [9.17, 15) is 5.11 Å². The zero-order valence-corrected chi connectivity index (χ0v) is 14.8. The second-order valence-corrected chi connectivity index (χ2v) is 6.53. The minimum Gasteiger partial charge on any atom is -0.493 e. The van der Waals surface area contributed by atoms with Crippen LogP contribution in [0.2, 0.25) is 15.1 Å². The molecule has 0 aliphatic carbocycles. The van der Waals surface area contributed by atoms with E-state index < -0.39 is 0 Å². The van der Waals surface area contributed by atoms with E-state index in [1.54, 1.807) is 12.1 Å². The SMILES string of the molecule is Oc1[nH]c2cc3c(cc2c1N=Nc1c(Cl)cc(Cl)cc1Cl)OCCO3. The summed E-state index contributed by atoms with van der Waals surface area (Å²) in [7, 11) is 0. The molecule has 2 N–H and O–H groups in total. The number of ether oxygens (including phenoxy) is 2. The zero-order valence-electron chi connectivity index (χ0n) is 12.5. The van der Waals surface area contributed by atoms with Gasteiger partial charge in [0.1, 0.15) is 18.9 Å². The van der Waals surface area contributed by atoms with Crippen LogP contribution in [0.4, 0.5) is 11.4 Å². The molecule has 0 amide bonds. The van der Waals surface area contributed by atoms with Crippen molar-refractivity contribution in [1.29, 1.82) is 0 Å². The zero-order chi connectivity index (χ0) is 17.6. The van der Waals surface area contributed by atoms with Crippen LogP contribution in [0.5, 0.6) is 17.4 Å². The number of hydrogen-bond donors (Lipinski definition) is 2. The Morgan fingerprint density at radius 2 is 1.48 bits per heavy atom. The number of hydrogen-bond acceptors (Lipinski definition) is 5. The number of nitrogens with one attached hydrogen (secondary N) is 1. The van der Waals surface area contributed by atoms with Crippen molar-refractivity contribution in [3.05, 3.63) is 39.3 Å². The van der Waals surface area contributed by atoms with Crippen molar-refractivity contribution in [3.8, 4) is 17.4 Å². The van der Waals surface area contributed by atoms with Crippen LogP contribution >= 0.6 is 34.8 Å². The highest BCUT2D eigenvalue weighted by molar-refractivity contribution is 6.41. The van der Waals surface area contributed by atoms with Gasteiger partial charge in [0.05, 0.1) is 15.6 Å². The van der Waals surface area contributed by atoms with Gasteiger partial charge in [-0.3, -0.25) is 0 Å². The van der Waals surface area contributed by atoms with E-state index in [4.69, 9.17) is 44.3 Å². The maximum Gasteiger partial charge on any atom is 0.218 e. The van der Waals surface area contributed by atoms with E-state index >= 15 is 0 Å². The molecule has 128 valence electrons. The molecule has 2 aromatic carbocycles. The van der Waals surface area contributed by atoms with Crippen molar-refractivity contribution in [2.75, 3.05) is 13.2 Å². The average molecular weight is 399 g/mol. The van der Waals surface area contributed by atoms with Crippen LogP contribution in [-0.2, 0) is 0 Å². The van der Waals surface area contributed by atoms with Gasteiger partial charge in [-0.1, -0.05) is 34.8 Å². The lowest BCUT2D eigenvalue weighted by molar-refractivity contribution is 0.172. The van der Waals surface area contributed by atoms with Crippen molar-refractivity contribution < 1.29 is 14.6 Å². The fourth-order valence-corrected chi connectivity index (χ4v) is 3.43.